The number of carbonyl (C=O) groups excluding carboxylic acids is 1. The summed E-state index contributed by atoms with van der Waals surface area (Å²) in [6.07, 6.45) is 3.03. The van der Waals surface area contributed by atoms with Gasteiger partial charge in [-0.1, -0.05) is 18.2 Å². The molecule has 1 aromatic carbocycles. The van der Waals surface area contributed by atoms with Gasteiger partial charge in [0.1, 0.15) is 17.3 Å². The Kier molecular flexibility index (Phi) is 5.09. The molecule has 1 aromatic heterocycles. The average molecular weight is 286 g/mol. The average Bonchev–Trinajstić information content (AvgIpc) is 2.53. The zero-order valence-corrected chi connectivity index (χ0v) is 12.1. The molecule has 0 radical (unpaired) electrons. The van der Waals surface area contributed by atoms with Crippen LogP contribution in [0.15, 0.2) is 36.7 Å². The Hall–Kier alpha value is -2.63. The number of benzene rings is 1. The predicted octanol–water partition coefficient (Wildman–Crippen LogP) is 1.85. The summed E-state index contributed by atoms with van der Waals surface area (Å²) in [5.41, 5.74) is 1.19. The van der Waals surface area contributed by atoms with E-state index in [0.717, 1.165) is 17.9 Å². The molecule has 1 amide bonds. The van der Waals surface area contributed by atoms with Crippen LogP contribution in [0, 0.1) is 0 Å². The molecule has 0 aliphatic heterocycles. The van der Waals surface area contributed by atoms with Gasteiger partial charge in [-0.2, -0.15) is 0 Å². The Bertz CT molecular complexity index is 616. The van der Waals surface area contributed by atoms with E-state index in [1.807, 2.05) is 31.2 Å². The molecule has 0 spiro atoms. The van der Waals surface area contributed by atoms with E-state index in [4.69, 9.17) is 4.74 Å². The zero-order valence-electron chi connectivity index (χ0n) is 12.1. The van der Waals surface area contributed by atoms with Crippen molar-refractivity contribution in [3.8, 4) is 5.75 Å². The van der Waals surface area contributed by atoms with Gasteiger partial charge in [0, 0.05) is 18.7 Å². The zero-order chi connectivity index (χ0) is 15.1. The Labute approximate surface area is 123 Å². The van der Waals surface area contributed by atoms with Crippen LogP contribution in [0.3, 0.4) is 0 Å². The van der Waals surface area contributed by atoms with Crippen molar-refractivity contribution in [1.29, 1.82) is 0 Å². The lowest BCUT2D eigenvalue weighted by Crippen LogP contribution is -2.24. The van der Waals surface area contributed by atoms with Crippen molar-refractivity contribution in [3.63, 3.8) is 0 Å². The van der Waals surface area contributed by atoms with Crippen LogP contribution in [0.2, 0.25) is 0 Å². The number of nitrogens with one attached hydrogen (secondary N) is 2. The molecule has 2 aromatic rings. The van der Waals surface area contributed by atoms with Gasteiger partial charge in [0.2, 0.25) is 0 Å². The molecule has 2 N–H and O–H groups in total. The second-order valence-corrected chi connectivity index (χ2v) is 4.31. The van der Waals surface area contributed by atoms with Crippen molar-refractivity contribution < 1.29 is 9.53 Å². The molecule has 110 valence electrons. The molecule has 0 aliphatic rings. The summed E-state index contributed by atoms with van der Waals surface area (Å²) in [4.78, 5) is 20.3. The minimum Gasteiger partial charge on any atom is -0.496 e. The summed E-state index contributed by atoms with van der Waals surface area (Å²) in [5.74, 6) is 1.06. The first-order valence-electron chi connectivity index (χ1n) is 6.70. The lowest BCUT2D eigenvalue weighted by Gasteiger charge is -2.09. The number of hydrogen-bond acceptors (Lipinski definition) is 5. The van der Waals surface area contributed by atoms with E-state index in [2.05, 4.69) is 20.6 Å². The normalized spacial score (nSPS) is 10.0. The highest BCUT2D eigenvalue weighted by molar-refractivity contribution is 5.92. The second-order valence-electron chi connectivity index (χ2n) is 4.31. The Morgan fingerprint density at radius 2 is 2.10 bits per heavy atom. The monoisotopic (exact) mass is 286 g/mol. The van der Waals surface area contributed by atoms with Gasteiger partial charge >= 0.3 is 0 Å². The summed E-state index contributed by atoms with van der Waals surface area (Å²) in [5, 5.41) is 5.83. The van der Waals surface area contributed by atoms with E-state index < -0.39 is 0 Å². The summed E-state index contributed by atoms with van der Waals surface area (Å²) in [6.45, 7) is 3.05. The molecule has 0 fully saturated rings. The van der Waals surface area contributed by atoms with E-state index >= 15 is 0 Å². The van der Waals surface area contributed by atoms with Gasteiger partial charge in [-0.05, 0) is 13.0 Å². The lowest BCUT2D eigenvalue weighted by molar-refractivity contribution is 0.0945. The molecule has 0 aliphatic carbocycles. The van der Waals surface area contributed by atoms with E-state index in [0.29, 0.717) is 12.4 Å². The van der Waals surface area contributed by atoms with Crippen LogP contribution in [0.25, 0.3) is 0 Å². The number of carbonyl (C=O) groups is 1. The van der Waals surface area contributed by atoms with Crippen LogP contribution in [0.4, 0.5) is 5.82 Å². The third kappa shape index (κ3) is 3.92. The number of nitrogens with zero attached hydrogens (tertiary/aromatic N) is 2. The number of para-hydroxylation sites is 1. The van der Waals surface area contributed by atoms with Crippen molar-refractivity contribution >= 4 is 11.7 Å². The quantitative estimate of drug-likeness (QED) is 0.847. The fourth-order valence-corrected chi connectivity index (χ4v) is 1.86. The number of rotatable bonds is 6. The van der Waals surface area contributed by atoms with E-state index in [1.165, 1.54) is 6.20 Å². The van der Waals surface area contributed by atoms with Crippen LogP contribution >= 0.6 is 0 Å². The maximum absolute atomic E-state index is 12.1. The summed E-state index contributed by atoms with van der Waals surface area (Å²) < 4.78 is 5.25. The number of ether oxygens (including phenoxy) is 1. The minimum atomic E-state index is -0.270. The van der Waals surface area contributed by atoms with Crippen LogP contribution < -0.4 is 15.4 Å². The number of amides is 1. The summed E-state index contributed by atoms with van der Waals surface area (Å²) in [7, 11) is 1.60. The first-order valence-corrected chi connectivity index (χ1v) is 6.70. The second kappa shape index (κ2) is 7.23. The predicted molar refractivity (Wildman–Crippen MR) is 80.4 cm³/mol. The Balaban J connectivity index is 2.03. The maximum atomic E-state index is 12.1. The molecule has 0 saturated carbocycles. The van der Waals surface area contributed by atoms with E-state index in [1.54, 1.807) is 13.3 Å². The van der Waals surface area contributed by atoms with Crippen LogP contribution in [0.5, 0.6) is 5.75 Å². The van der Waals surface area contributed by atoms with Crippen LogP contribution in [-0.4, -0.2) is 29.5 Å². The van der Waals surface area contributed by atoms with Gasteiger partial charge in [-0.3, -0.25) is 9.78 Å². The molecular weight excluding hydrogens is 268 g/mol. The summed E-state index contributed by atoms with van der Waals surface area (Å²) in [6, 6.07) is 7.54. The van der Waals surface area contributed by atoms with E-state index in [9.17, 15) is 4.79 Å². The summed E-state index contributed by atoms with van der Waals surface area (Å²) >= 11 is 0. The van der Waals surface area contributed by atoms with Crippen molar-refractivity contribution in [2.75, 3.05) is 19.0 Å². The van der Waals surface area contributed by atoms with Crippen LogP contribution in [0.1, 0.15) is 23.0 Å². The van der Waals surface area contributed by atoms with Crippen molar-refractivity contribution in [2.24, 2.45) is 0 Å². The topological polar surface area (TPSA) is 76.1 Å². The molecule has 6 nitrogen and oxygen atoms in total. The number of methoxy groups -OCH3 is 1. The maximum Gasteiger partial charge on any atom is 0.271 e. The minimum absolute atomic E-state index is 0.270. The molecule has 0 saturated heterocycles. The first-order chi connectivity index (χ1) is 10.2. The van der Waals surface area contributed by atoms with Gasteiger partial charge in [-0.25, -0.2) is 4.98 Å². The highest BCUT2D eigenvalue weighted by Gasteiger charge is 2.10. The smallest absolute Gasteiger partial charge is 0.271 e. The van der Waals surface area contributed by atoms with Gasteiger partial charge in [0.25, 0.3) is 5.91 Å². The van der Waals surface area contributed by atoms with Gasteiger partial charge in [-0.15, -0.1) is 0 Å². The van der Waals surface area contributed by atoms with Crippen molar-refractivity contribution in [2.45, 2.75) is 13.5 Å². The highest BCUT2D eigenvalue weighted by atomic mass is 16.5. The number of anilines is 1. The molecule has 0 unspecified atom stereocenters. The first kappa shape index (κ1) is 14.8. The van der Waals surface area contributed by atoms with Gasteiger partial charge < -0.3 is 15.4 Å². The van der Waals surface area contributed by atoms with Crippen LogP contribution in [-0.2, 0) is 6.54 Å². The third-order valence-electron chi connectivity index (χ3n) is 2.86. The molecule has 0 bridgehead atoms. The molecule has 1 heterocycles. The lowest BCUT2D eigenvalue weighted by atomic mass is 10.2. The number of aromatic nitrogens is 2. The van der Waals surface area contributed by atoms with Crippen molar-refractivity contribution in [3.05, 3.63) is 47.9 Å². The molecular formula is C15H18N4O2. The number of hydrogen-bond donors (Lipinski definition) is 2. The largest absolute Gasteiger partial charge is 0.496 e. The van der Waals surface area contributed by atoms with Gasteiger partial charge in [0.15, 0.2) is 0 Å². The molecule has 6 heteroatoms. The fourth-order valence-electron chi connectivity index (χ4n) is 1.86. The standard InChI is InChI=1S/C15H18N4O2/c1-3-17-14-10-16-9-12(19-14)15(20)18-8-11-6-4-5-7-13(11)21-2/h4-7,9-10H,3,8H2,1-2H3,(H,17,19)(H,18,20). The molecule has 0 atom stereocenters. The SMILES string of the molecule is CCNc1cncc(C(=O)NCc2ccccc2OC)n1. The van der Waals surface area contributed by atoms with Gasteiger partial charge in [0.05, 0.1) is 19.5 Å². The molecule has 2 rings (SSSR count). The highest BCUT2D eigenvalue weighted by Crippen LogP contribution is 2.16. The molecule has 21 heavy (non-hydrogen) atoms. The Morgan fingerprint density at radius 3 is 2.86 bits per heavy atom. The van der Waals surface area contributed by atoms with Crippen molar-refractivity contribution in [1.82, 2.24) is 15.3 Å². The third-order valence-corrected chi connectivity index (χ3v) is 2.86. The Morgan fingerprint density at radius 1 is 1.29 bits per heavy atom. The fraction of sp³-hybridized carbons (Fsp3) is 0.267. The van der Waals surface area contributed by atoms with E-state index in [-0.39, 0.29) is 11.6 Å².